The highest BCUT2D eigenvalue weighted by Gasteiger charge is 2.39. The van der Waals surface area contributed by atoms with Gasteiger partial charge in [0.2, 0.25) is 10.0 Å². The maximum Gasteiger partial charge on any atom is 0.243 e. The number of anilines is 1. The second kappa shape index (κ2) is 7.01. The summed E-state index contributed by atoms with van der Waals surface area (Å²) in [4.78, 5) is 0.427. The fraction of sp³-hybridized carbons (Fsp3) is 0.364. The average molecular weight is 459 g/mol. The largest absolute Gasteiger partial charge is 0.378 e. The van der Waals surface area contributed by atoms with Crippen LogP contribution in [0.2, 0.25) is 0 Å². The van der Waals surface area contributed by atoms with Crippen LogP contribution in [-0.2, 0) is 10.0 Å². The lowest BCUT2D eigenvalue weighted by Crippen LogP contribution is -2.30. The normalized spacial score (nSPS) is 26.7. The zero-order valence-corrected chi connectivity index (χ0v) is 17.9. The van der Waals surface area contributed by atoms with Crippen molar-refractivity contribution in [1.82, 2.24) is 4.31 Å². The molecule has 2 aromatic rings. The summed E-state index contributed by atoms with van der Waals surface area (Å²) in [7, 11) is -3.40. The SMILES string of the molecule is O=S(=O)(c1ccc2c(c1)C1C=CCC1C(c1ccc(Br)cc1)N2)N1CCCC1. The van der Waals surface area contributed by atoms with Crippen molar-refractivity contribution in [3.8, 4) is 0 Å². The van der Waals surface area contributed by atoms with Crippen molar-refractivity contribution in [3.63, 3.8) is 0 Å². The Hall–Kier alpha value is -1.63. The molecule has 1 aliphatic carbocycles. The van der Waals surface area contributed by atoms with Gasteiger partial charge in [-0.2, -0.15) is 4.31 Å². The molecule has 2 aliphatic heterocycles. The van der Waals surface area contributed by atoms with Gasteiger partial charge < -0.3 is 5.32 Å². The van der Waals surface area contributed by atoms with Crippen molar-refractivity contribution in [2.24, 2.45) is 5.92 Å². The van der Waals surface area contributed by atoms with E-state index in [4.69, 9.17) is 0 Å². The summed E-state index contributed by atoms with van der Waals surface area (Å²) in [5.41, 5.74) is 3.41. The van der Waals surface area contributed by atoms with E-state index in [1.807, 2.05) is 12.1 Å². The van der Waals surface area contributed by atoms with Crippen LogP contribution in [-0.4, -0.2) is 25.8 Å². The van der Waals surface area contributed by atoms with E-state index in [2.05, 4.69) is 57.7 Å². The molecule has 0 spiro atoms. The average Bonchev–Trinajstić information content (AvgIpc) is 3.40. The highest BCUT2D eigenvalue weighted by Crippen LogP contribution is 2.50. The number of nitrogens with zero attached hydrogens (tertiary/aromatic N) is 1. The minimum atomic E-state index is -3.40. The molecule has 2 heterocycles. The zero-order chi connectivity index (χ0) is 19.3. The maximum atomic E-state index is 13.0. The van der Waals surface area contributed by atoms with E-state index >= 15 is 0 Å². The summed E-state index contributed by atoms with van der Waals surface area (Å²) in [6.45, 7) is 1.27. The predicted octanol–water partition coefficient (Wildman–Crippen LogP) is 5.06. The number of allylic oxidation sites excluding steroid dienone is 2. The Morgan fingerprint density at radius 2 is 1.79 bits per heavy atom. The third-order valence-corrected chi connectivity index (χ3v) is 8.69. The number of fused-ring (bicyclic) bond motifs is 3. The first-order valence-electron chi connectivity index (χ1n) is 9.87. The van der Waals surface area contributed by atoms with E-state index in [9.17, 15) is 8.42 Å². The molecule has 2 aromatic carbocycles. The van der Waals surface area contributed by atoms with Crippen LogP contribution in [0, 0.1) is 5.92 Å². The quantitative estimate of drug-likeness (QED) is 0.653. The second-order valence-electron chi connectivity index (χ2n) is 7.89. The first-order valence-corrected chi connectivity index (χ1v) is 12.1. The number of hydrogen-bond donors (Lipinski definition) is 1. The Morgan fingerprint density at radius 3 is 2.54 bits per heavy atom. The van der Waals surface area contributed by atoms with Crippen molar-refractivity contribution in [2.75, 3.05) is 18.4 Å². The molecule has 4 nitrogen and oxygen atoms in total. The van der Waals surface area contributed by atoms with Crippen molar-refractivity contribution >= 4 is 31.6 Å². The topological polar surface area (TPSA) is 49.4 Å². The smallest absolute Gasteiger partial charge is 0.243 e. The molecule has 3 atom stereocenters. The van der Waals surface area contributed by atoms with Gasteiger partial charge in [-0.05, 0) is 66.6 Å². The van der Waals surface area contributed by atoms with Crippen LogP contribution in [0.1, 0.15) is 42.3 Å². The molecule has 0 aromatic heterocycles. The van der Waals surface area contributed by atoms with Crippen LogP contribution >= 0.6 is 15.9 Å². The summed E-state index contributed by atoms with van der Waals surface area (Å²) < 4.78 is 28.7. The molecule has 1 saturated heterocycles. The van der Waals surface area contributed by atoms with Crippen LogP contribution in [0.25, 0.3) is 0 Å². The highest BCUT2D eigenvalue weighted by atomic mass is 79.9. The zero-order valence-electron chi connectivity index (χ0n) is 15.5. The fourth-order valence-corrected chi connectivity index (χ4v) is 6.63. The molecular weight excluding hydrogens is 436 g/mol. The van der Waals surface area contributed by atoms with Crippen LogP contribution < -0.4 is 5.32 Å². The summed E-state index contributed by atoms with van der Waals surface area (Å²) in [6, 6.07) is 14.3. The van der Waals surface area contributed by atoms with Crippen LogP contribution in [0.15, 0.2) is 64.0 Å². The summed E-state index contributed by atoms with van der Waals surface area (Å²) >= 11 is 3.51. The van der Waals surface area contributed by atoms with Gasteiger partial charge in [0.15, 0.2) is 0 Å². The third kappa shape index (κ3) is 3.02. The Bertz CT molecular complexity index is 1030. The second-order valence-corrected chi connectivity index (χ2v) is 10.7. The van der Waals surface area contributed by atoms with Gasteiger partial charge in [0.1, 0.15) is 0 Å². The van der Waals surface area contributed by atoms with Crippen molar-refractivity contribution in [1.29, 1.82) is 0 Å². The van der Waals surface area contributed by atoms with E-state index in [-0.39, 0.29) is 12.0 Å². The molecule has 6 heteroatoms. The van der Waals surface area contributed by atoms with Crippen molar-refractivity contribution in [2.45, 2.75) is 36.1 Å². The molecule has 1 fully saturated rings. The van der Waals surface area contributed by atoms with Crippen LogP contribution in [0.4, 0.5) is 5.69 Å². The van der Waals surface area contributed by atoms with Gasteiger partial charge in [-0.3, -0.25) is 0 Å². The summed E-state index contributed by atoms with van der Waals surface area (Å²) in [5, 5.41) is 3.69. The first-order chi connectivity index (χ1) is 13.5. The Kier molecular flexibility index (Phi) is 4.61. The lowest BCUT2D eigenvalue weighted by Gasteiger charge is -2.38. The van der Waals surface area contributed by atoms with E-state index < -0.39 is 10.0 Å². The minimum Gasteiger partial charge on any atom is -0.378 e. The van der Waals surface area contributed by atoms with Crippen molar-refractivity contribution in [3.05, 3.63) is 70.2 Å². The van der Waals surface area contributed by atoms with E-state index in [0.29, 0.717) is 23.9 Å². The number of hydrogen-bond acceptors (Lipinski definition) is 3. The number of halogens is 1. The summed E-state index contributed by atoms with van der Waals surface area (Å²) in [6.07, 6.45) is 7.39. The highest BCUT2D eigenvalue weighted by molar-refractivity contribution is 9.10. The molecule has 0 bridgehead atoms. The van der Waals surface area contributed by atoms with Gasteiger partial charge in [-0.25, -0.2) is 8.42 Å². The Labute approximate surface area is 174 Å². The number of rotatable bonds is 3. The van der Waals surface area contributed by atoms with Crippen molar-refractivity contribution < 1.29 is 8.42 Å². The lowest BCUT2D eigenvalue weighted by atomic mass is 9.77. The monoisotopic (exact) mass is 458 g/mol. The van der Waals surface area contributed by atoms with Crippen LogP contribution in [0.5, 0.6) is 0 Å². The van der Waals surface area contributed by atoms with Gasteiger partial charge in [0.25, 0.3) is 0 Å². The fourth-order valence-electron chi connectivity index (χ4n) is 4.81. The molecule has 0 amide bonds. The lowest BCUT2D eigenvalue weighted by molar-refractivity contribution is 0.424. The Balaban J connectivity index is 1.53. The molecule has 28 heavy (non-hydrogen) atoms. The molecule has 146 valence electrons. The van der Waals surface area contributed by atoms with Gasteiger partial charge in [-0.1, -0.05) is 40.2 Å². The number of nitrogens with one attached hydrogen (secondary N) is 1. The molecule has 5 rings (SSSR count). The number of benzene rings is 2. The van der Waals surface area contributed by atoms with E-state index in [1.165, 1.54) is 5.56 Å². The van der Waals surface area contributed by atoms with E-state index in [0.717, 1.165) is 35.0 Å². The van der Waals surface area contributed by atoms with Crippen LogP contribution in [0.3, 0.4) is 0 Å². The molecule has 0 radical (unpaired) electrons. The molecule has 3 unspecified atom stereocenters. The Morgan fingerprint density at radius 1 is 1.04 bits per heavy atom. The van der Waals surface area contributed by atoms with Gasteiger partial charge in [-0.15, -0.1) is 0 Å². The third-order valence-electron chi connectivity index (χ3n) is 6.27. The molecule has 0 saturated carbocycles. The standard InChI is InChI=1S/C22H23BrN2O2S/c23-16-8-6-15(7-9-16)22-19-5-3-4-18(19)20-14-17(10-11-21(20)24-22)28(26,27)25-12-1-2-13-25/h3-4,6-11,14,18-19,22,24H,1-2,5,12-13H2. The number of sulfonamides is 1. The van der Waals surface area contributed by atoms with Gasteiger partial charge >= 0.3 is 0 Å². The molecule has 1 N–H and O–H groups in total. The first kappa shape index (κ1) is 18.4. The molecular formula is C22H23BrN2O2S. The minimum absolute atomic E-state index is 0.224. The van der Waals surface area contributed by atoms with E-state index in [1.54, 1.807) is 10.4 Å². The summed E-state index contributed by atoms with van der Waals surface area (Å²) in [5.74, 6) is 0.650. The maximum absolute atomic E-state index is 13.0. The predicted molar refractivity (Wildman–Crippen MR) is 115 cm³/mol. The van der Waals surface area contributed by atoms with Gasteiger partial charge in [0.05, 0.1) is 10.9 Å². The molecule has 3 aliphatic rings. The van der Waals surface area contributed by atoms with Gasteiger partial charge in [0, 0.05) is 29.2 Å².